The van der Waals surface area contributed by atoms with E-state index in [0.717, 1.165) is 13.0 Å². The molecule has 2 rings (SSSR count). The van der Waals surface area contributed by atoms with Gasteiger partial charge in [0.1, 0.15) is 12.1 Å². The van der Waals surface area contributed by atoms with Gasteiger partial charge in [-0.05, 0) is 18.4 Å². The minimum absolute atomic E-state index is 0.103. The van der Waals surface area contributed by atoms with Crippen molar-refractivity contribution in [1.82, 2.24) is 0 Å². The fraction of sp³-hybridized carbons (Fsp3) is 0.250. The molecule has 0 fully saturated rings. The van der Waals surface area contributed by atoms with Crippen LogP contribution in [0.4, 0.5) is 0 Å². The molecule has 18 heavy (non-hydrogen) atoms. The molecule has 1 heterocycles. The smallest absolute Gasteiger partial charge is 0.132 e. The van der Waals surface area contributed by atoms with Crippen LogP contribution in [-0.4, -0.2) is 0 Å². The molecule has 0 amide bonds. The minimum atomic E-state index is 0.103. The summed E-state index contributed by atoms with van der Waals surface area (Å²) in [6, 6.07) is 15.0. The van der Waals surface area contributed by atoms with E-state index >= 15 is 0 Å². The van der Waals surface area contributed by atoms with Gasteiger partial charge in [0.05, 0.1) is 4.88 Å². The maximum absolute atomic E-state index is 3.90. The van der Waals surface area contributed by atoms with Crippen LogP contribution in [0.1, 0.15) is 23.8 Å². The maximum Gasteiger partial charge on any atom is 0.132 e. The highest BCUT2D eigenvalue weighted by atomic mass is 32.1. The number of rotatable bonds is 6. The molecule has 0 saturated carbocycles. The van der Waals surface area contributed by atoms with Crippen molar-refractivity contribution in [2.45, 2.75) is 25.4 Å². The zero-order chi connectivity index (χ0) is 12.8. The summed E-state index contributed by atoms with van der Waals surface area (Å²) in [4.78, 5) is 1.42. The first-order valence-corrected chi connectivity index (χ1v) is 7.16. The molecule has 1 atom stereocenters. The fourth-order valence-corrected chi connectivity index (χ4v) is 3.04. The number of nitrogens with two attached hydrogens (primary N) is 1. The molecule has 0 bridgehead atoms. The average molecular weight is 258 g/mol. The summed E-state index contributed by atoms with van der Waals surface area (Å²) in [7, 11) is 0. The SMILES string of the molecule is C=CCC(C)([NH2+]Cc1ccccc1)c1cccs1. The third kappa shape index (κ3) is 3.09. The van der Waals surface area contributed by atoms with Crippen molar-refractivity contribution in [2.75, 3.05) is 0 Å². The Hall–Kier alpha value is -1.38. The van der Waals surface area contributed by atoms with E-state index < -0.39 is 0 Å². The molecular weight excluding hydrogens is 238 g/mol. The molecule has 0 aliphatic heterocycles. The first kappa shape index (κ1) is 13.1. The summed E-state index contributed by atoms with van der Waals surface area (Å²) < 4.78 is 0. The highest BCUT2D eigenvalue weighted by molar-refractivity contribution is 7.10. The van der Waals surface area contributed by atoms with E-state index in [0.29, 0.717) is 0 Å². The maximum atomic E-state index is 3.90. The zero-order valence-corrected chi connectivity index (χ0v) is 11.6. The molecule has 0 spiro atoms. The summed E-state index contributed by atoms with van der Waals surface area (Å²) in [5, 5.41) is 4.56. The molecule has 1 aromatic carbocycles. The molecule has 2 aromatic rings. The van der Waals surface area contributed by atoms with E-state index in [1.54, 1.807) is 0 Å². The lowest BCUT2D eigenvalue weighted by Crippen LogP contribution is -2.92. The zero-order valence-electron chi connectivity index (χ0n) is 10.8. The molecule has 0 aliphatic carbocycles. The summed E-state index contributed by atoms with van der Waals surface area (Å²) >= 11 is 1.83. The summed E-state index contributed by atoms with van der Waals surface area (Å²) in [6.45, 7) is 7.19. The number of benzene rings is 1. The Morgan fingerprint density at radius 2 is 2.00 bits per heavy atom. The summed E-state index contributed by atoms with van der Waals surface area (Å²) in [5.74, 6) is 0. The van der Waals surface area contributed by atoms with Gasteiger partial charge in [0.15, 0.2) is 0 Å². The molecule has 0 aliphatic rings. The topological polar surface area (TPSA) is 16.6 Å². The summed E-state index contributed by atoms with van der Waals surface area (Å²) in [5.41, 5.74) is 1.47. The van der Waals surface area contributed by atoms with Gasteiger partial charge in [-0.1, -0.05) is 42.5 Å². The van der Waals surface area contributed by atoms with Crippen LogP contribution in [0.2, 0.25) is 0 Å². The largest absolute Gasteiger partial charge is 0.333 e. The Labute approximate surface area is 113 Å². The van der Waals surface area contributed by atoms with Gasteiger partial charge < -0.3 is 5.32 Å². The van der Waals surface area contributed by atoms with E-state index in [2.05, 4.69) is 66.7 Å². The van der Waals surface area contributed by atoms with Gasteiger partial charge >= 0.3 is 0 Å². The molecule has 0 saturated heterocycles. The molecular formula is C16H20NS+. The predicted molar refractivity (Wildman–Crippen MR) is 78.6 cm³/mol. The fourth-order valence-electron chi connectivity index (χ4n) is 2.15. The quantitative estimate of drug-likeness (QED) is 0.766. The average Bonchev–Trinajstić information content (AvgIpc) is 2.93. The van der Waals surface area contributed by atoms with E-state index in [1.165, 1.54) is 10.4 Å². The van der Waals surface area contributed by atoms with E-state index in [-0.39, 0.29) is 5.54 Å². The Morgan fingerprint density at radius 1 is 1.22 bits per heavy atom. The lowest BCUT2D eigenvalue weighted by Gasteiger charge is -2.25. The third-order valence-electron chi connectivity index (χ3n) is 3.28. The van der Waals surface area contributed by atoms with Crippen molar-refractivity contribution < 1.29 is 5.32 Å². The van der Waals surface area contributed by atoms with Crippen LogP contribution in [0.3, 0.4) is 0 Å². The van der Waals surface area contributed by atoms with Crippen LogP contribution in [0.5, 0.6) is 0 Å². The van der Waals surface area contributed by atoms with Crippen molar-refractivity contribution in [2.24, 2.45) is 0 Å². The highest BCUT2D eigenvalue weighted by Gasteiger charge is 2.29. The van der Waals surface area contributed by atoms with E-state index in [9.17, 15) is 0 Å². The van der Waals surface area contributed by atoms with Crippen molar-refractivity contribution >= 4 is 11.3 Å². The molecule has 2 heteroatoms. The molecule has 1 unspecified atom stereocenters. The van der Waals surface area contributed by atoms with Crippen LogP contribution >= 0.6 is 11.3 Å². The lowest BCUT2D eigenvalue weighted by atomic mass is 9.95. The monoisotopic (exact) mass is 258 g/mol. The molecule has 2 N–H and O–H groups in total. The Bertz CT molecular complexity index is 475. The van der Waals surface area contributed by atoms with Gasteiger partial charge in [0.2, 0.25) is 0 Å². The van der Waals surface area contributed by atoms with Crippen LogP contribution in [0.25, 0.3) is 0 Å². The van der Waals surface area contributed by atoms with Gasteiger partial charge in [-0.2, -0.15) is 0 Å². The highest BCUT2D eigenvalue weighted by Crippen LogP contribution is 2.25. The normalized spacial score (nSPS) is 14.1. The van der Waals surface area contributed by atoms with Crippen LogP contribution in [0, 0.1) is 0 Å². The predicted octanol–water partition coefficient (Wildman–Crippen LogP) is 3.30. The van der Waals surface area contributed by atoms with Gasteiger partial charge in [0.25, 0.3) is 0 Å². The molecule has 0 radical (unpaired) electrons. The number of quaternary nitrogens is 1. The van der Waals surface area contributed by atoms with Crippen molar-refractivity contribution in [3.8, 4) is 0 Å². The molecule has 1 nitrogen and oxygen atoms in total. The molecule has 1 aromatic heterocycles. The van der Waals surface area contributed by atoms with Crippen LogP contribution in [-0.2, 0) is 12.1 Å². The van der Waals surface area contributed by atoms with E-state index in [1.807, 2.05) is 17.4 Å². The van der Waals surface area contributed by atoms with Gasteiger partial charge in [0, 0.05) is 12.0 Å². The minimum Gasteiger partial charge on any atom is -0.333 e. The number of hydrogen-bond acceptors (Lipinski definition) is 1. The number of thiophene rings is 1. The van der Waals surface area contributed by atoms with Crippen molar-refractivity contribution in [1.29, 1.82) is 0 Å². The second-order valence-corrected chi connectivity index (χ2v) is 5.73. The second-order valence-electron chi connectivity index (χ2n) is 4.78. The van der Waals surface area contributed by atoms with Gasteiger partial charge in [-0.15, -0.1) is 17.9 Å². The lowest BCUT2D eigenvalue weighted by molar-refractivity contribution is -0.746. The first-order chi connectivity index (χ1) is 8.74. The summed E-state index contributed by atoms with van der Waals surface area (Å²) in [6.07, 6.45) is 3.00. The van der Waals surface area contributed by atoms with E-state index in [4.69, 9.17) is 0 Å². The second kappa shape index (κ2) is 5.98. The van der Waals surface area contributed by atoms with Crippen LogP contribution < -0.4 is 5.32 Å². The third-order valence-corrected chi connectivity index (χ3v) is 4.43. The van der Waals surface area contributed by atoms with Gasteiger partial charge in [-0.3, -0.25) is 0 Å². The van der Waals surface area contributed by atoms with Crippen LogP contribution in [0.15, 0.2) is 60.5 Å². The van der Waals surface area contributed by atoms with Gasteiger partial charge in [-0.25, -0.2) is 0 Å². The first-order valence-electron chi connectivity index (χ1n) is 6.28. The standard InChI is InChI=1S/C16H19NS/c1-3-11-16(2,15-10-7-12-18-15)17-13-14-8-5-4-6-9-14/h3-10,12,17H,1,11,13H2,2H3/p+1. The number of hydrogen-bond donors (Lipinski definition) is 1. The Kier molecular flexibility index (Phi) is 4.34. The van der Waals surface area contributed by atoms with Crippen molar-refractivity contribution in [3.05, 3.63) is 70.9 Å². The molecule has 94 valence electrons. The Morgan fingerprint density at radius 3 is 2.61 bits per heavy atom. The van der Waals surface area contributed by atoms with Crippen molar-refractivity contribution in [3.63, 3.8) is 0 Å². The Balaban J connectivity index is 2.09.